The van der Waals surface area contributed by atoms with Crippen LogP contribution in [0.25, 0.3) is 0 Å². The quantitative estimate of drug-likeness (QED) is 0.422. The average molecular weight is 280 g/mol. The van der Waals surface area contributed by atoms with Crippen molar-refractivity contribution in [1.82, 2.24) is 0 Å². The van der Waals surface area contributed by atoms with Gasteiger partial charge in [-0.15, -0.1) is 0 Å². The molecule has 0 heterocycles. The van der Waals surface area contributed by atoms with Crippen LogP contribution in [-0.2, 0) is 11.3 Å². The van der Waals surface area contributed by atoms with Gasteiger partial charge in [0, 0.05) is 24.8 Å². The summed E-state index contributed by atoms with van der Waals surface area (Å²) in [4.78, 5) is 10.7. The minimum atomic E-state index is -0.361. The topological polar surface area (TPSA) is 64.4 Å². The lowest BCUT2D eigenvalue weighted by atomic mass is 10.1. The van der Waals surface area contributed by atoms with E-state index >= 15 is 0 Å². The molecular formula is C15H24N2O3. The van der Waals surface area contributed by atoms with E-state index in [9.17, 15) is 10.1 Å². The Bertz CT molecular complexity index is 433. The van der Waals surface area contributed by atoms with Gasteiger partial charge in [-0.1, -0.05) is 26.0 Å². The zero-order valence-corrected chi connectivity index (χ0v) is 12.5. The molecule has 0 fully saturated rings. The van der Waals surface area contributed by atoms with Crippen LogP contribution in [0.4, 0.5) is 11.4 Å². The van der Waals surface area contributed by atoms with Crippen LogP contribution in [0.5, 0.6) is 0 Å². The molecule has 0 aliphatic heterocycles. The van der Waals surface area contributed by atoms with Gasteiger partial charge in [-0.3, -0.25) is 10.1 Å². The van der Waals surface area contributed by atoms with Gasteiger partial charge in [0.2, 0.25) is 0 Å². The molecule has 0 spiro atoms. The first-order chi connectivity index (χ1) is 9.56. The van der Waals surface area contributed by atoms with E-state index in [4.69, 9.17) is 4.74 Å². The molecule has 0 amide bonds. The van der Waals surface area contributed by atoms with Gasteiger partial charge in [0.1, 0.15) is 5.69 Å². The highest BCUT2D eigenvalue weighted by Gasteiger charge is 2.16. The van der Waals surface area contributed by atoms with Crippen molar-refractivity contribution in [3.8, 4) is 0 Å². The lowest BCUT2D eigenvalue weighted by Gasteiger charge is -2.12. The van der Waals surface area contributed by atoms with E-state index in [2.05, 4.69) is 19.2 Å². The fraction of sp³-hybridized carbons (Fsp3) is 0.600. The summed E-state index contributed by atoms with van der Waals surface area (Å²) in [6.07, 6.45) is 2.15. The zero-order valence-electron chi connectivity index (χ0n) is 12.5. The minimum Gasteiger partial charge on any atom is -0.379 e. The molecule has 1 aromatic rings. The van der Waals surface area contributed by atoms with Crippen LogP contribution in [-0.4, -0.2) is 18.1 Å². The van der Waals surface area contributed by atoms with Crippen molar-refractivity contribution in [3.63, 3.8) is 0 Å². The standard InChI is InChI=1S/C15H24N2O3/c1-4-16-15-13(8-5-9-14(15)17(18)19)11-20-10-6-7-12(2)3/h5,8-9,12,16H,4,6-7,10-11H2,1-3H3. The summed E-state index contributed by atoms with van der Waals surface area (Å²) in [7, 11) is 0. The molecule has 0 aliphatic carbocycles. The summed E-state index contributed by atoms with van der Waals surface area (Å²) in [5.41, 5.74) is 1.52. The number of benzene rings is 1. The number of anilines is 1. The van der Waals surface area contributed by atoms with Crippen LogP contribution < -0.4 is 5.32 Å². The van der Waals surface area contributed by atoms with Crippen LogP contribution in [0.1, 0.15) is 39.2 Å². The van der Waals surface area contributed by atoms with E-state index in [0.717, 1.165) is 18.4 Å². The third kappa shape index (κ3) is 5.17. The molecule has 1 aromatic carbocycles. The smallest absolute Gasteiger partial charge is 0.292 e. The molecule has 1 rings (SSSR count). The fourth-order valence-corrected chi connectivity index (χ4v) is 2.02. The van der Waals surface area contributed by atoms with Gasteiger partial charge >= 0.3 is 0 Å². The molecule has 0 aliphatic rings. The minimum absolute atomic E-state index is 0.107. The summed E-state index contributed by atoms with van der Waals surface area (Å²) in [6.45, 7) is 8.03. The van der Waals surface area contributed by atoms with Gasteiger partial charge in [-0.2, -0.15) is 0 Å². The Hall–Kier alpha value is -1.62. The lowest BCUT2D eigenvalue weighted by Crippen LogP contribution is -2.06. The highest BCUT2D eigenvalue weighted by molar-refractivity contribution is 5.66. The number of hydrogen-bond acceptors (Lipinski definition) is 4. The molecule has 0 aromatic heterocycles. The molecule has 5 heteroatoms. The average Bonchev–Trinajstić information content (AvgIpc) is 2.39. The maximum absolute atomic E-state index is 11.0. The molecule has 0 atom stereocenters. The summed E-state index contributed by atoms with van der Waals surface area (Å²) >= 11 is 0. The highest BCUT2D eigenvalue weighted by atomic mass is 16.6. The van der Waals surface area contributed by atoms with Crippen molar-refractivity contribution in [2.45, 2.75) is 40.2 Å². The molecule has 0 unspecified atom stereocenters. The summed E-state index contributed by atoms with van der Waals surface area (Å²) in [5, 5.41) is 14.1. The second kappa shape index (κ2) is 8.53. The summed E-state index contributed by atoms with van der Waals surface area (Å²) in [6, 6.07) is 5.08. The number of nitro benzene ring substituents is 1. The van der Waals surface area contributed by atoms with Crippen molar-refractivity contribution >= 4 is 11.4 Å². The number of hydrogen-bond donors (Lipinski definition) is 1. The Kier molecular flexibility index (Phi) is 7.01. The first kappa shape index (κ1) is 16.4. The Morgan fingerprint density at radius 2 is 2.15 bits per heavy atom. The Morgan fingerprint density at radius 3 is 2.75 bits per heavy atom. The van der Waals surface area contributed by atoms with Crippen LogP contribution in [0.2, 0.25) is 0 Å². The predicted octanol–water partition coefficient (Wildman–Crippen LogP) is 3.98. The highest BCUT2D eigenvalue weighted by Crippen LogP contribution is 2.28. The zero-order chi connectivity index (χ0) is 15.0. The van der Waals surface area contributed by atoms with Gasteiger partial charge in [0.05, 0.1) is 11.5 Å². The van der Waals surface area contributed by atoms with E-state index in [1.807, 2.05) is 13.0 Å². The van der Waals surface area contributed by atoms with Crippen molar-refractivity contribution < 1.29 is 9.66 Å². The van der Waals surface area contributed by atoms with E-state index in [0.29, 0.717) is 31.4 Å². The SMILES string of the molecule is CCNc1c(COCCCC(C)C)cccc1[N+](=O)[O-]. The van der Waals surface area contributed by atoms with E-state index < -0.39 is 0 Å². The first-order valence-corrected chi connectivity index (χ1v) is 7.14. The molecule has 0 bridgehead atoms. The molecular weight excluding hydrogens is 256 g/mol. The number of para-hydroxylation sites is 1. The van der Waals surface area contributed by atoms with Gasteiger partial charge in [0.25, 0.3) is 5.69 Å². The van der Waals surface area contributed by atoms with Gasteiger partial charge in [-0.25, -0.2) is 0 Å². The molecule has 0 saturated heterocycles. The summed E-state index contributed by atoms with van der Waals surface area (Å²) in [5.74, 6) is 0.675. The number of nitrogens with zero attached hydrogens (tertiary/aromatic N) is 1. The fourth-order valence-electron chi connectivity index (χ4n) is 2.02. The number of nitrogens with one attached hydrogen (secondary N) is 1. The molecule has 20 heavy (non-hydrogen) atoms. The van der Waals surface area contributed by atoms with Crippen molar-refractivity contribution in [2.75, 3.05) is 18.5 Å². The van der Waals surface area contributed by atoms with E-state index in [-0.39, 0.29) is 10.6 Å². The molecule has 1 N–H and O–H groups in total. The van der Waals surface area contributed by atoms with Crippen LogP contribution in [0, 0.1) is 16.0 Å². The number of nitro groups is 1. The lowest BCUT2D eigenvalue weighted by molar-refractivity contribution is -0.384. The van der Waals surface area contributed by atoms with E-state index in [1.54, 1.807) is 6.07 Å². The summed E-state index contributed by atoms with van der Waals surface area (Å²) < 4.78 is 5.63. The molecule has 5 nitrogen and oxygen atoms in total. The van der Waals surface area contributed by atoms with Crippen LogP contribution in [0.15, 0.2) is 18.2 Å². The molecule has 0 saturated carbocycles. The monoisotopic (exact) mass is 280 g/mol. The van der Waals surface area contributed by atoms with E-state index in [1.165, 1.54) is 6.07 Å². The third-order valence-electron chi connectivity index (χ3n) is 3.01. The largest absolute Gasteiger partial charge is 0.379 e. The second-order valence-corrected chi connectivity index (χ2v) is 5.19. The van der Waals surface area contributed by atoms with Crippen molar-refractivity contribution in [1.29, 1.82) is 0 Å². The van der Waals surface area contributed by atoms with Gasteiger partial charge in [-0.05, 0) is 25.7 Å². The Labute approximate surface area is 120 Å². The molecule has 0 radical (unpaired) electrons. The predicted molar refractivity (Wildman–Crippen MR) is 81.0 cm³/mol. The Morgan fingerprint density at radius 1 is 1.40 bits per heavy atom. The van der Waals surface area contributed by atoms with Crippen LogP contribution >= 0.6 is 0 Å². The molecule has 112 valence electrons. The van der Waals surface area contributed by atoms with Crippen molar-refractivity contribution in [3.05, 3.63) is 33.9 Å². The Balaban J connectivity index is 2.64. The van der Waals surface area contributed by atoms with Gasteiger partial charge in [0.15, 0.2) is 0 Å². The maximum Gasteiger partial charge on any atom is 0.292 e. The van der Waals surface area contributed by atoms with Crippen LogP contribution in [0.3, 0.4) is 0 Å². The van der Waals surface area contributed by atoms with Crippen molar-refractivity contribution in [2.24, 2.45) is 5.92 Å². The maximum atomic E-state index is 11.0. The number of rotatable bonds is 9. The van der Waals surface area contributed by atoms with Gasteiger partial charge < -0.3 is 10.1 Å². The second-order valence-electron chi connectivity index (χ2n) is 5.19. The third-order valence-corrected chi connectivity index (χ3v) is 3.01. The first-order valence-electron chi connectivity index (χ1n) is 7.14. The number of ether oxygens (including phenoxy) is 1. The normalized spacial score (nSPS) is 10.8.